The zero-order valence-corrected chi connectivity index (χ0v) is 15.3. The fourth-order valence-corrected chi connectivity index (χ4v) is 2.79. The molecule has 4 rings (SSSR count). The van der Waals surface area contributed by atoms with E-state index in [-0.39, 0.29) is 11.4 Å². The Morgan fingerprint density at radius 3 is 2.82 bits per heavy atom. The van der Waals surface area contributed by atoms with Crippen LogP contribution in [-0.4, -0.2) is 24.6 Å². The molecule has 0 atom stereocenters. The molecule has 7 nitrogen and oxygen atoms in total. The Labute approximate surface area is 160 Å². The lowest BCUT2D eigenvalue weighted by molar-refractivity contribution is 0.292. The number of imidazole rings is 1. The van der Waals surface area contributed by atoms with Crippen LogP contribution in [0.25, 0.3) is 10.9 Å². The van der Waals surface area contributed by atoms with E-state index >= 15 is 0 Å². The average molecular weight is 379 g/mol. The summed E-state index contributed by atoms with van der Waals surface area (Å²) in [6, 6.07) is 7.99. The Balaban J connectivity index is 1.60. The van der Waals surface area contributed by atoms with Crippen molar-refractivity contribution in [1.29, 1.82) is 0 Å². The van der Waals surface area contributed by atoms with Crippen molar-refractivity contribution in [1.82, 2.24) is 19.5 Å². The fraction of sp³-hybridized carbons (Fsp3) is 0.150. The number of benzene rings is 2. The first-order valence-corrected chi connectivity index (χ1v) is 8.61. The molecule has 4 aromatic rings. The number of aryl methyl sites for hydroxylation is 2. The van der Waals surface area contributed by atoms with E-state index in [0.29, 0.717) is 34.6 Å². The van der Waals surface area contributed by atoms with Crippen LogP contribution in [0.4, 0.5) is 15.9 Å². The first kappa shape index (κ1) is 17.7. The molecule has 0 saturated heterocycles. The maximum absolute atomic E-state index is 14.2. The first-order chi connectivity index (χ1) is 13.5. The molecule has 0 aliphatic carbocycles. The molecule has 142 valence electrons. The van der Waals surface area contributed by atoms with Gasteiger partial charge in [0.25, 0.3) is 0 Å². The number of nitrogens with one attached hydrogen (secondary N) is 1. The van der Waals surface area contributed by atoms with Gasteiger partial charge in [-0.15, -0.1) is 0 Å². The van der Waals surface area contributed by atoms with Gasteiger partial charge in [-0.05, 0) is 30.7 Å². The number of aromatic hydroxyl groups is 1. The Hall–Kier alpha value is -3.68. The molecule has 28 heavy (non-hydrogen) atoms. The fourth-order valence-electron chi connectivity index (χ4n) is 2.79. The van der Waals surface area contributed by atoms with Gasteiger partial charge in [-0.1, -0.05) is 0 Å². The zero-order chi connectivity index (χ0) is 19.7. The first-order valence-electron chi connectivity index (χ1n) is 8.61. The summed E-state index contributed by atoms with van der Waals surface area (Å²) in [6.45, 7) is 1.97. The third-order valence-electron chi connectivity index (χ3n) is 4.44. The highest BCUT2D eigenvalue weighted by Crippen LogP contribution is 2.30. The number of nitrogens with zero attached hydrogens (tertiary/aromatic N) is 4. The van der Waals surface area contributed by atoms with Crippen molar-refractivity contribution in [2.24, 2.45) is 7.05 Å². The maximum Gasteiger partial charge on any atom is 0.147 e. The van der Waals surface area contributed by atoms with Gasteiger partial charge in [0.1, 0.15) is 41.9 Å². The highest BCUT2D eigenvalue weighted by molar-refractivity contribution is 5.91. The summed E-state index contributed by atoms with van der Waals surface area (Å²) in [7, 11) is 1.90. The lowest BCUT2D eigenvalue weighted by Gasteiger charge is -2.12. The second-order valence-corrected chi connectivity index (χ2v) is 6.39. The maximum atomic E-state index is 14.2. The highest BCUT2D eigenvalue weighted by atomic mass is 19.1. The third-order valence-corrected chi connectivity index (χ3v) is 4.44. The summed E-state index contributed by atoms with van der Waals surface area (Å²) in [5, 5.41) is 13.5. The standard InChI is InChI=1S/C20H18FN5O2/c1-12-7-15(21)17(9-18(12)27)25-20-14-4-3-13(8-16(14)23-11-24-20)28-10-19-22-5-6-26(19)2/h3-9,11,27H,10H2,1-2H3,(H,23,24,25). The van der Waals surface area contributed by atoms with Gasteiger partial charge < -0.3 is 19.7 Å². The van der Waals surface area contributed by atoms with Crippen LogP contribution in [0, 0.1) is 12.7 Å². The summed E-state index contributed by atoms with van der Waals surface area (Å²) in [5.41, 5.74) is 1.25. The molecule has 0 amide bonds. The molecular formula is C20H18FN5O2. The number of aromatic nitrogens is 4. The van der Waals surface area contributed by atoms with Crippen LogP contribution in [0.2, 0.25) is 0 Å². The third kappa shape index (κ3) is 3.44. The lowest BCUT2D eigenvalue weighted by atomic mass is 10.2. The van der Waals surface area contributed by atoms with Gasteiger partial charge in [0.2, 0.25) is 0 Å². The lowest BCUT2D eigenvalue weighted by Crippen LogP contribution is -2.03. The van der Waals surface area contributed by atoms with E-state index in [4.69, 9.17) is 4.74 Å². The molecule has 0 aliphatic heterocycles. The molecule has 2 heterocycles. The molecule has 0 unspecified atom stereocenters. The molecule has 8 heteroatoms. The van der Waals surface area contributed by atoms with Crippen molar-refractivity contribution >= 4 is 22.4 Å². The molecule has 2 N–H and O–H groups in total. The van der Waals surface area contributed by atoms with Crippen LogP contribution in [0.3, 0.4) is 0 Å². The average Bonchev–Trinajstić information content (AvgIpc) is 3.09. The van der Waals surface area contributed by atoms with Crippen LogP contribution in [0.1, 0.15) is 11.4 Å². The van der Waals surface area contributed by atoms with E-state index in [1.165, 1.54) is 18.5 Å². The van der Waals surface area contributed by atoms with Gasteiger partial charge in [-0.25, -0.2) is 19.3 Å². The minimum atomic E-state index is -0.475. The number of hydrogen-bond donors (Lipinski definition) is 2. The van der Waals surface area contributed by atoms with Crippen molar-refractivity contribution < 1.29 is 14.2 Å². The predicted molar refractivity (Wildman–Crippen MR) is 103 cm³/mol. The molecule has 0 fully saturated rings. The molecule has 0 aliphatic rings. The number of anilines is 2. The van der Waals surface area contributed by atoms with Crippen LogP contribution in [-0.2, 0) is 13.7 Å². The Kier molecular flexibility index (Phi) is 4.52. The van der Waals surface area contributed by atoms with E-state index in [1.54, 1.807) is 31.3 Å². The Bertz CT molecular complexity index is 1160. The minimum absolute atomic E-state index is 0.00670. The van der Waals surface area contributed by atoms with Crippen LogP contribution < -0.4 is 10.1 Å². The molecule has 0 radical (unpaired) electrons. The van der Waals surface area contributed by atoms with Gasteiger partial charge >= 0.3 is 0 Å². The van der Waals surface area contributed by atoms with Gasteiger partial charge in [0, 0.05) is 37.0 Å². The van der Waals surface area contributed by atoms with Crippen molar-refractivity contribution in [3.05, 3.63) is 66.3 Å². The topological polar surface area (TPSA) is 85.1 Å². The summed E-state index contributed by atoms with van der Waals surface area (Å²) in [4.78, 5) is 12.7. The number of hydrogen-bond acceptors (Lipinski definition) is 6. The number of phenolic OH excluding ortho intramolecular Hbond substituents is 1. The largest absolute Gasteiger partial charge is 0.508 e. The Morgan fingerprint density at radius 2 is 2.04 bits per heavy atom. The summed E-state index contributed by atoms with van der Waals surface area (Å²) in [6.07, 6.45) is 4.96. The van der Waals surface area contributed by atoms with Gasteiger partial charge in [0.05, 0.1) is 11.2 Å². The molecule has 0 spiro atoms. The monoisotopic (exact) mass is 379 g/mol. The quantitative estimate of drug-likeness (QED) is 0.548. The van der Waals surface area contributed by atoms with E-state index in [2.05, 4.69) is 20.3 Å². The highest BCUT2D eigenvalue weighted by Gasteiger charge is 2.11. The predicted octanol–water partition coefficient (Wildman–Crippen LogP) is 3.84. The van der Waals surface area contributed by atoms with Crippen LogP contribution >= 0.6 is 0 Å². The molecule has 2 aromatic carbocycles. The van der Waals surface area contributed by atoms with Crippen LogP contribution in [0.15, 0.2) is 49.1 Å². The molecular weight excluding hydrogens is 361 g/mol. The van der Waals surface area contributed by atoms with Crippen molar-refractivity contribution in [2.45, 2.75) is 13.5 Å². The second-order valence-electron chi connectivity index (χ2n) is 6.39. The van der Waals surface area contributed by atoms with Crippen LogP contribution in [0.5, 0.6) is 11.5 Å². The number of ether oxygens (including phenoxy) is 1. The minimum Gasteiger partial charge on any atom is -0.508 e. The van der Waals surface area contributed by atoms with Crippen molar-refractivity contribution in [3.8, 4) is 11.5 Å². The number of halogens is 1. The van der Waals surface area contributed by atoms with Gasteiger partial charge in [-0.2, -0.15) is 0 Å². The van der Waals surface area contributed by atoms with Gasteiger partial charge in [0.15, 0.2) is 0 Å². The normalized spacial score (nSPS) is 11.0. The van der Waals surface area contributed by atoms with Crippen molar-refractivity contribution in [2.75, 3.05) is 5.32 Å². The molecule has 0 bridgehead atoms. The van der Waals surface area contributed by atoms with E-state index < -0.39 is 5.82 Å². The number of fused-ring (bicyclic) bond motifs is 1. The van der Waals surface area contributed by atoms with E-state index in [0.717, 1.165) is 5.82 Å². The zero-order valence-electron chi connectivity index (χ0n) is 15.3. The molecule has 0 saturated carbocycles. The summed E-state index contributed by atoms with van der Waals surface area (Å²) in [5.74, 6) is 1.41. The Morgan fingerprint density at radius 1 is 1.18 bits per heavy atom. The smallest absolute Gasteiger partial charge is 0.147 e. The van der Waals surface area contributed by atoms with E-state index in [9.17, 15) is 9.50 Å². The second kappa shape index (κ2) is 7.15. The number of phenols is 1. The number of rotatable bonds is 5. The van der Waals surface area contributed by atoms with E-state index in [1.807, 2.05) is 17.8 Å². The van der Waals surface area contributed by atoms with Gasteiger partial charge in [-0.3, -0.25) is 0 Å². The summed E-state index contributed by atoms with van der Waals surface area (Å²) < 4.78 is 21.9. The SMILES string of the molecule is Cc1cc(F)c(Nc2ncnc3cc(OCc4nccn4C)ccc23)cc1O. The van der Waals surface area contributed by atoms with Crippen molar-refractivity contribution in [3.63, 3.8) is 0 Å². The molecule has 2 aromatic heterocycles. The summed E-state index contributed by atoms with van der Waals surface area (Å²) >= 11 is 0.